The van der Waals surface area contributed by atoms with Crippen LogP contribution in [0.25, 0.3) is 33.3 Å². The van der Waals surface area contributed by atoms with Gasteiger partial charge in [0, 0.05) is 28.9 Å². The van der Waals surface area contributed by atoms with Crippen LogP contribution < -0.4 is 0 Å². The van der Waals surface area contributed by atoms with E-state index in [1.54, 1.807) is 12.4 Å². The maximum Gasteiger partial charge on any atom is 0.178 e. The third-order valence-electron chi connectivity index (χ3n) is 3.17. The molecule has 90 valence electrons. The molecule has 0 fully saturated rings. The van der Waals surface area contributed by atoms with Crippen molar-refractivity contribution in [2.24, 2.45) is 0 Å². The van der Waals surface area contributed by atoms with E-state index >= 15 is 0 Å². The Morgan fingerprint density at radius 3 is 3.00 bits per heavy atom. The molecule has 0 aliphatic rings. The van der Waals surface area contributed by atoms with Crippen LogP contribution in [0.5, 0.6) is 0 Å². The van der Waals surface area contributed by atoms with E-state index in [-0.39, 0.29) is 0 Å². The summed E-state index contributed by atoms with van der Waals surface area (Å²) < 4.78 is 0. The highest BCUT2D eigenvalue weighted by molar-refractivity contribution is 5.85. The lowest BCUT2D eigenvalue weighted by Gasteiger charge is -2.02. The largest absolute Gasteiger partial charge is 0.361 e. The molecule has 0 bridgehead atoms. The molecule has 3 aromatic heterocycles. The van der Waals surface area contributed by atoms with Gasteiger partial charge in [0.1, 0.15) is 5.52 Å². The highest BCUT2D eigenvalue weighted by atomic mass is 14.9. The average Bonchev–Trinajstić information content (AvgIpc) is 2.94. The van der Waals surface area contributed by atoms with Gasteiger partial charge in [0.25, 0.3) is 0 Å². The number of aromatic amines is 1. The van der Waals surface area contributed by atoms with E-state index in [1.807, 2.05) is 30.5 Å². The first kappa shape index (κ1) is 10.2. The zero-order chi connectivity index (χ0) is 12.7. The zero-order valence-electron chi connectivity index (χ0n) is 10.0. The Kier molecular flexibility index (Phi) is 2.08. The number of H-pyrrole nitrogens is 1. The molecule has 0 spiro atoms. The molecule has 3 heterocycles. The van der Waals surface area contributed by atoms with Crippen molar-refractivity contribution in [1.29, 1.82) is 0 Å². The van der Waals surface area contributed by atoms with Gasteiger partial charge in [-0.25, -0.2) is 9.97 Å². The van der Waals surface area contributed by atoms with Gasteiger partial charge in [-0.1, -0.05) is 6.07 Å². The van der Waals surface area contributed by atoms with Crippen molar-refractivity contribution < 1.29 is 0 Å². The third kappa shape index (κ3) is 1.65. The van der Waals surface area contributed by atoms with E-state index in [9.17, 15) is 0 Å². The maximum atomic E-state index is 4.55. The van der Waals surface area contributed by atoms with Gasteiger partial charge in [-0.15, -0.1) is 0 Å². The van der Waals surface area contributed by atoms with Crippen LogP contribution in [0.4, 0.5) is 0 Å². The fourth-order valence-corrected chi connectivity index (χ4v) is 2.20. The smallest absolute Gasteiger partial charge is 0.178 e. The van der Waals surface area contributed by atoms with Crippen LogP contribution in [0.3, 0.4) is 0 Å². The Hall–Kier alpha value is -2.75. The number of pyridine rings is 1. The Labute approximate surface area is 109 Å². The molecular formula is C15H10N4. The Morgan fingerprint density at radius 2 is 2.00 bits per heavy atom. The third-order valence-corrected chi connectivity index (χ3v) is 3.17. The minimum absolute atomic E-state index is 0.675. The second kappa shape index (κ2) is 3.88. The molecule has 0 unspecified atom stereocenters. The quantitative estimate of drug-likeness (QED) is 0.561. The van der Waals surface area contributed by atoms with E-state index in [4.69, 9.17) is 0 Å². The summed E-state index contributed by atoms with van der Waals surface area (Å²) in [6, 6.07) is 12.0. The monoisotopic (exact) mass is 246 g/mol. The number of rotatable bonds is 1. The van der Waals surface area contributed by atoms with Gasteiger partial charge in [-0.05, 0) is 30.3 Å². The second-order valence-electron chi connectivity index (χ2n) is 4.38. The van der Waals surface area contributed by atoms with Crippen molar-refractivity contribution >= 4 is 22.1 Å². The van der Waals surface area contributed by atoms with Crippen molar-refractivity contribution in [3.8, 4) is 11.3 Å². The number of nitrogens with zero attached hydrogens (tertiary/aromatic N) is 3. The molecule has 4 aromatic rings. The van der Waals surface area contributed by atoms with Gasteiger partial charge in [-0.3, -0.25) is 4.98 Å². The summed E-state index contributed by atoms with van der Waals surface area (Å²) in [6.45, 7) is 0. The predicted octanol–water partition coefficient (Wildman–Crippen LogP) is 3.17. The SMILES string of the molecule is c1cnc2nc(-c3ccc4[nH]ccc4c3)cnc2c1. The van der Waals surface area contributed by atoms with Gasteiger partial charge < -0.3 is 4.98 Å². The van der Waals surface area contributed by atoms with Gasteiger partial charge in [0.05, 0.1) is 11.9 Å². The lowest BCUT2D eigenvalue weighted by atomic mass is 10.1. The summed E-state index contributed by atoms with van der Waals surface area (Å²) in [6.07, 6.45) is 5.45. The average molecular weight is 246 g/mol. The molecule has 4 nitrogen and oxygen atoms in total. The van der Waals surface area contributed by atoms with E-state index in [0.29, 0.717) is 5.65 Å². The van der Waals surface area contributed by atoms with Gasteiger partial charge in [-0.2, -0.15) is 0 Å². The van der Waals surface area contributed by atoms with Crippen molar-refractivity contribution in [1.82, 2.24) is 19.9 Å². The summed E-state index contributed by atoms with van der Waals surface area (Å²) in [5, 5.41) is 1.17. The summed E-state index contributed by atoms with van der Waals surface area (Å²) >= 11 is 0. The first-order valence-corrected chi connectivity index (χ1v) is 6.05. The molecule has 19 heavy (non-hydrogen) atoms. The predicted molar refractivity (Wildman–Crippen MR) is 74.6 cm³/mol. The number of benzene rings is 1. The van der Waals surface area contributed by atoms with Crippen molar-refractivity contribution in [2.45, 2.75) is 0 Å². The molecule has 4 rings (SSSR count). The van der Waals surface area contributed by atoms with Crippen molar-refractivity contribution in [3.63, 3.8) is 0 Å². The molecule has 0 saturated heterocycles. The first-order chi connectivity index (χ1) is 9.40. The van der Waals surface area contributed by atoms with Crippen LogP contribution in [0.2, 0.25) is 0 Å². The fraction of sp³-hybridized carbons (Fsp3) is 0. The second-order valence-corrected chi connectivity index (χ2v) is 4.38. The van der Waals surface area contributed by atoms with Crippen LogP contribution in [0.1, 0.15) is 0 Å². The number of nitrogens with one attached hydrogen (secondary N) is 1. The van der Waals surface area contributed by atoms with Crippen LogP contribution >= 0.6 is 0 Å². The van der Waals surface area contributed by atoms with Crippen molar-refractivity contribution in [3.05, 3.63) is 55.0 Å². The van der Waals surface area contributed by atoms with Crippen LogP contribution in [-0.4, -0.2) is 19.9 Å². The lowest BCUT2D eigenvalue weighted by molar-refractivity contribution is 1.23. The molecule has 0 aliphatic carbocycles. The minimum Gasteiger partial charge on any atom is -0.361 e. The summed E-state index contributed by atoms with van der Waals surface area (Å²) in [5.74, 6) is 0. The number of aromatic nitrogens is 4. The minimum atomic E-state index is 0.675. The molecule has 4 heteroatoms. The van der Waals surface area contributed by atoms with Gasteiger partial charge >= 0.3 is 0 Å². The first-order valence-electron chi connectivity index (χ1n) is 6.05. The van der Waals surface area contributed by atoms with Gasteiger partial charge in [0.15, 0.2) is 5.65 Å². The molecule has 0 atom stereocenters. The molecule has 1 N–H and O–H groups in total. The molecule has 0 radical (unpaired) electrons. The lowest BCUT2D eigenvalue weighted by Crippen LogP contribution is -1.90. The van der Waals surface area contributed by atoms with Gasteiger partial charge in [0.2, 0.25) is 0 Å². The number of hydrogen-bond acceptors (Lipinski definition) is 3. The van der Waals surface area contributed by atoms with E-state index in [2.05, 4.69) is 32.1 Å². The van der Waals surface area contributed by atoms with Crippen LogP contribution in [0.15, 0.2) is 55.0 Å². The van der Waals surface area contributed by atoms with E-state index in [0.717, 1.165) is 22.3 Å². The highest BCUT2D eigenvalue weighted by Crippen LogP contribution is 2.22. The number of fused-ring (bicyclic) bond motifs is 2. The van der Waals surface area contributed by atoms with E-state index in [1.165, 1.54) is 5.39 Å². The van der Waals surface area contributed by atoms with Crippen LogP contribution in [-0.2, 0) is 0 Å². The molecule has 0 saturated carbocycles. The maximum absolute atomic E-state index is 4.55. The summed E-state index contributed by atoms with van der Waals surface area (Å²) in [7, 11) is 0. The van der Waals surface area contributed by atoms with Crippen LogP contribution in [0, 0.1) is 0 Å². The molecule has 1 aromatic carbocycles. The number of hydrogen-bond donors (Lipinski definition) is 1. The van der Waals surface area contributed by atoms with E-state index < -0.39 is 0 Å². The zero-order valence-corrected chi connectivity index (χ0v) is 10.0. The Balaban J connectivity index is 1.92. The summed E-state index contributed by atoms with van der Waals surface area (Å²) in [4.78, 5) is 16.4. The molecule has 0 amide bonds. The summed E-state index contributed by atoms with van der Waals surface area (Å²) in [5.41, 5.74) is 4.50. The topological polar surface area (TPSA) is 54.5 Å². The fourth-order valence-electron chi connectivity index (χ4n) is 2.20. The molecule has 0 aliphatic heterocycles. The highest BCUT2D eigenvalue weighted by Gasteiger charge is 2.04. The Morgan fingerprint density at radius 1 is 1.00 bits per heavy atom. The molecular weight excluding hydrogens is 236 g/mol. The Bertz CT molecular complexity index is 879. The normalized spacial score (nSPS) is 11.2. The standard InChI is InChI=1S/C15H10N4/c1-2-13-15(17-6-1)19-14(9-18-13)10-3-4-12-11(8-10)5-7-16-12/h1-9,16H. The van der Waals surface area contributed by atoms with Crippen molar-refractivity contribution in [2.75, 3.05) is 0 Å².